The summed E-state index contributed by atoms with van der Waals surface area (Å²) in [5, 5.41) is 2.91. The van der Waals surface area contributed by atoms with E-state index < -0.39 is 0 Å². The molecule has 2 aromatic rings. The minimum Gasteiger partial charge on any atom is -0.497 e. The van der Waals surface area contributed by atoms with Crippen LogP contribution in [0.3, 0.4) is 0 Å². The number of hydrogen-bond donors (Lipinski definition) is 2. The number of nitrogens with two attached hydrogens (primary N) is 1. The van der Waals surface area contributed by atoms with E-state index in [0.717, 1.165) is 4.47 Å². The van der Waals surface area contributed by atoms with Crippen LogP contribution in [0.25, 0.3) is 0 Å². The number of carbonyl (C=O) groups excluding carboxylic acids is 1. The summed E-state index contributed by atoms with van der Waals surface area (Å²) < 4.78 is 5.92. The Labute approximate surface area is 129 Å². The Bertz CT molecular complexity index is 644. The number of nitrogen functional groups attached to an aromatic ring is 1. The summed E-state index contributed by atoms with van der Waals surface area (Å²) in [5.74, 6) is 0.484. The zero-order valence-electron chi connectivity index (χ0n) is 10.5. The zero-order chi connectivity index (χ0) is 14.7. The van der Waals surface area contributed by atoms with E-state index in [4.69, 9.17) is 22.1 Å². The number of ether oxygens (including phenoxy) is 1. The molecule has 0 saturated heterocycles. The Hall–Kier alpha value is -1.79. The molecule has 0 atom stereocenters. The lowest BCUT2D eigenvalue weighted by molar-refractivity contribution is 0.102. The van der Waals surface area contributed by atoms with E-state index in [1.54, 1.807) is 25.3 Å². The van der Waals surface area contributed by atoms with Gasteiger partial charge < -0.3 is 15.8 Å². The Balaban J connectivity index is 2.25. The van der Waals surface area contributed by atoms with E-state index in [0.29, 0.717) is 17.0 Å². The molecule has 1 heterocycles. The standard InChI is InChI=1S/C13H11BrClN3O2/c1-20-10-5-8(14)4-9(6-10)17-13(19)7-2-11(15)18-12(16)3-7/h2-6H,1H3,(H2,16,18)(H,17,19). The van der Waals surface area contributed by atoms with E-state index >= 15 is 0 Å². The fourth-order valence-corrected chi connectivity index (χ4v) is 2.29. The lowest BCUT2D eigenvalue weighted by Gasteiger charge is -2.08. The molecule has 1 aromatic heterocycles. The largest absolute Gasteiger partial charge is 0.497 e. The topological polar surface area (TPSA) is 77.2 Å². The molecular weight excluding hydrogens is 346 g/mol. The molecule has 104 valence electrons. The van der Waals surface area contributed by atoms with Crippen LogP contribution in [0.2, 0.25) is 5.15 Å². The minimum atomic E-state index is -0.332. The van der Waals surface area contributed by atoms with Crippen molar-refractivity contribution in [3.05, 3.63) is 45.5 Å². The van der Waals surface area contributed by atoms with Gasteiger partial charge in [0.15, 0.2) is 0 Å². The molecule has 0 unspecified atom stereocenters. The number of nitrogens with zero attached hydrogens (tertiary/aromatic N) is 1. The lowest BCUT2D eigenvalue weighted by atomic mass is 10.2. The number of carbonyl (C=O) groups is 1. The maximum Gasteiger partial charge on any atom is 0.255 e. The number of halogens is 2. The predicted octanol–water partition coefficient (Wildman–Crippen LogP) is 3.34. The van der Waals surface area contributed by atoms with Crippen molar-refractivity contribution in [1.29, 1.82) is 0 Å². The van der Waals surface area contributed by atoms with Crippen LogP contribution in [0.5, 0.6) is 5.75 Å². The average Bonchev–Trinajstić information content (AvgIpc) is 2.36. The number of pyridine rings is 1. The smallest absolute Gasteiger partial charge is 0.255 e. The van der Waals surface area contributed by atoms with Crippen molar-refractivity contribution in [3.63, 3.8) is 0 Å². The number of aromatic nitrogens is 1. The number of amides is 1. The van der Waals surface area contributed by atoms with Crippen LogP contribution >= 0.6 is 27.5 Å². The van der Waals surface area contributed by atoms with Gasteiger partial charge in [-0.15, -0.1) is 0 Å². The second-order valence-electron chi connectivity index (χ2n) is 3.94. The molecule has 20 heavy (non-hydrogen) atoms. The third kappa shape index (κ3) is 3.61. The Morgan fingerprint density at radius 2 is 2.10 bits per heavy atom. The summed E-state index contributed by atoms with van der Waals surface area (Å²) in [7, 11) is 1.55. The molecule has 0 aliphatic carbocycles. The number of anilines is 2. The Kier molecular flexibility index (Phi) is 4.46. The molecule has 0 radical (unpaired) electrons. The second kappa shape index (κ2) is 6.11. The number of benzene rings is 1. The average molecular weight is 357 g/mol. The molecule has 3 N–H and O–H groups in total. The van der Waals surface area contributed by atoms with Crippen LogP contribution in [0.15, 0.2) is 34.8 Å². The quantitative estimate of drug-likeness (QED) is 0.827. The number of rotatable bonds is 3. The highest BCUT2D eigenvalue weighted by Crippen LogP contribution is 2.25. The van der Waals surface area contributed by atoms with Gasteiger partial charge in [0.05, 0.1) is 7.11 Å². The molecule has 1 amide bonds. The van der Waals surface area contributed by atoms with Crippen molar-refractivity contribution < 1.29 is 9.53 Å². The fraction of sp³-hybridized carbons (Fsp3) is 0.0769. The minimum absolute atomic E-state index is 0.168. The first-order chi connectivity index (χ1) is 9.47. The van der Waals surface area contributed by atoms with Gasteiger partial charge in [-0.05, 0) is 24.3 Å². The SMILES string of the molecule is COc1cc(Br)cc(NC(=O)c2cc(N)nc(Cl)c2)c1. The molecule has 0 aliphatic rings. The number of hydrogen-bond acceptors (Lipinski definition) is 4. The normalized spacial score (nSPS) is 10.2. The van der Waals surface area contributed by atoms with E-state index in [1.165, 1.54) is 12.1 Å². The fourth-order valence-electron chi connectivity index (χ4n) is 1.60. The lowest BCUT2D eigenvalue weighted by Crippen LogP contribution is -2.12. The maximum atomic E-state index is 12.1. The van der Waals surface area contributed by atoms with Crippen LogP contribution in [0, 0.1) is 0 Å². The van der Waals surface area contributed by atoms with Crippen molar-refractivity contribution in [2.24, 2.45) is 0 Å². The van der Waals surface area contributed by atoms with E-state index in [-0.39, 0.29) is 16.9 Å². The van der Waals surface area contributed by atoms with Crippen molar-refractivity contribution >= 4 is 44.9 Å². The van der Waals surface area contributed by atoms with Crippen molar-refractivity contribution in [3.8, 4) is 5.75 Å². The van der Waals surface area contributed by atoms with E-state index in [1.807, 2.05) is 0 Å². The van der Waals surface area contributed by atoms with Gasteiger partial charge in [0.2, 0.25) is 0 Å². The molecule has 0 fully saturated rings. The molecule has 1 aromatic carbocycles. The summed E-state index contributed by atoms with van der Waals surface area (Å²) in [6, 6.07) is 8.15. The van der Waals surface area contributed by atoms with Gasteiger partial charge in [0, 0.05) is 21.8 Å². The van der Waals surface area contributed by atoms with Crippen molar-refractivity contribution in [1.82, 2.24) is 4.98 Å². The Morgan fingerprint density at radius 3 is 2.75 bits per heavy atom. The monoisotopic (exact) mass is 355 g/mol. The van der Waals surface area contributed by atoms with Gasteiger partial charge in [-0.1, -0.05) is 27.5 Å². The third-order valence-corrected chi connectivity index (χ3v) is 3.09. The number of nitrogens with one attached hydrogen (secondary N) is 1. The van der Waals surface area contributed by atoms with Crippen molar-refractivity contribution in [2.45, 2.75) is 0 Å². The molecule has 7 heteroatoms. The van der Waals surface area contributed by atoms with E-state index in [2.05, 4.69) is 26.2 Å². The summed E-state index contributed by atoms with van der Waals surface area (Å²) >= 11 is 9.11. The highest BCUT2D eigenvalue weighted by molar-refractivity contribution is 9.10. The Morgan fingerprint density at radius 1 is 1.35 bits per heavy atom. The van der Waals surface area contributed by atoms with Crippen molar-refractivity contribution in [2.75, 3.05) is 18.2 Å². The summed E-state index contributed by atoms with van der Waals surface area (Å²) in [6.07, 6.45) is 0. The highest BCUT2D eigenvalue weighted by Gasteiger charge is 2.10. The van der Waals surface area contributed by atoms with Gasteiger partial charge in [-0.3, -0.25) is 4.79 Å². The van der Waals surface area contributed by atoms with E-state index in [9.17, 15) is 4.79 Å². The molecule has 0 saturated carbocycles. The van der Waals surface area contributed by atoms with Gasteiger partial charge in [-0.2, -0.15) is 0 Å². The van der Waals surface area contributed by atoms with Gasteiger partial charge in [0.25, 0.3) is 5.91 Å². The van der Waals surface area contributed by atoms with Crippen LogP contribution in [0.4, 0.5) is 11.5 Å². The number of methoxy groups -OCH3 is 1. The molecule has 0 spiro atoms. The highest BCUT2D eigenvalue weighted by atomic mass is 79.9. The third-order valence-electron chi connectivity index (χ3n) is 2.44. The van der Waals surface area contributed by atoms with Gasteiger partial charge >= 0.3 is 0 Å². The van der Waals surface area contributed by atoms with Crippen LogP contribution in [-0.2, 0) is 0 Å². The molecule has 2 rings (SSSR count). The zero-order valence-corrected chi connectivity index (χ0v) is 12.8. The maximum absolute atomic E-state index is 12.1. The molecule has 5 nitrogen and oxygen atoms in total. The van der Waals surface area contributed by atoms with Crippen LogP contribution in [-0.4, -0.2) is 18.0 Å². The predicted molar refractivity (Wildman–Crippen MR) is 82.3 cm³/mol. The molecule has 0 aliphatic heterocycles. The summed E-state index contributed by atoms with van der Waals surface area (Å²) in [4.78, 5) is 15.9. The molecular formula is C13H11BrClN3O2. The summed E-state index contributed by atoms with van der Waals surface area (Å²) in [6.45, 7) is 0. The van der Waals surface area contributed by atoms with Gasteiger partial charge in [-0.25, -0.2) is 4.98 Å². The second-order valence-corrected chi connectivity index (χ2v) is 5.24. The van der Waals surface area contributed by atoms with Crippen LogP contribution < -0.4 is 15.8 Å². The summed E-state index contributed by atoms with van der Waals surface area (Å²) in [5.41, 5.74) is 6.48. The first-order valence-electron chi connectivity index (χ1n) is 5.57. The van der Waals surface area contributed by atoms with Gasteiger partial charge in [0.1, 0.15) is 16.7 Å². The first kappa shape index (κ1) is 14.6. The molecule has 0 bridgehead atoms. The first-order valence-corrected chi connectivity index (χ1v) is 6.74. The van der Waals surface area contributed by atoms with Crippen LogP contribution in [0.1, 0.15) is 10.4 Å².